The summed E-state index contributed by atoms with van der Waals surface area (Å²) in [4.78, 5) is 9.49. The minimum absolute atomic E-state index is 0.859. The summed E-state index contributed by atoms with van der Waals surface area (Å²) in [6.45, 7) is 1.06. The second kappa shape index (κ2) is 6.84. The Labute approximate surface area is 121 Å². The molecule has 4 heteroatoms. The van der Waals surface area contributed by atoms with Gasteiger partial charge in [-0.2, -0.15) is 0 Å². The summed E-state index contributed by atoms with van der Waals surface area (Å²) in [6, 6.07) is 4.24. The van der Waals surface area contributed by atoms with Crippen molar-refractivity contribution in [3.8, 4) is 11.5 Å². The van der Waals surface area contributed by atoms with E-state index in [0.717, 1.165) is 24.5 Å². The van der Waals surface area contributed by atoms with Gasteiger partial charge in [0.25, 0.3) is 0 Å². The fourth-order valence-corrected chi connectivity index (χ4v) is 8.27. The Hall–Kier alpha value is -0.421. The molecule has 0 aliphatic rings. The van der Waals surface area contributed by atoms with Crippen LogP contribution >= 0.6 is 0 Å². The molecule has 0 aromatic heterocycles. The second-order valence-corrected chi connectivity index (χ2v) is 20.4. The topological polar surface area (TPSA) is 21.7 Å². The van der Waals surface area contributed by atoms with E-state index in [1.165, 1.54) is 9.14 Å². The Bertz CT molecular complexity index is 425. The van der Waals surface area contributed by atoms with E-state index in [0.29, 0.717) is 0 Å². The van der Waals surface area contributed by atoms with Crippen LogP contribution in [0.2, 0.25) is 14.8 Å². The van der Waals surface area contributed by atoms with Crippen LogP contribution in [0.25, 0.3) is 0 Å². The maximum atomic E-state index is 5.66. The molecule has 3 nitrogen and oxygen atoms in total. The zero-order chi connectivity index (χ0) is 14.6. The first kappa shape index (κ1) is 16.6. The molecule has 0 N–H and O–H groups in total. The molecule has 108 valence electrons. The van der Waals surface area contributed by atoms with E-state index in [1.807, 2.05) is 6.07 Å². The van der Waals surface area contributed by atoms with E-state index in [-0.39, 0.29) is 0 Å². The van der Waals surface area contributed by atoms with Gasteiger partial charge in [-0.1, -0.05) is 0 Å². The number of likely N-dealkylation sites (N-methyl/N-ethyl adjacent to an activating group) is 1. The van der Waals surface area contributed by atoms with E-state index in [1.54, 1.807) is 14.2 Å². The summed E-state index contributed by atoms with van der Waals surface area (Å²) in [7, 11) is 7.68. The fraction of sp³-hybridized carbons (Fsp3) is 0.600. The van der Waals surface area contributed by atoms with Crippen LogP contribution in [0, 0.1) is 0 Å². The summed E-state index contributed by atoms with van der Waals surface area (Å²) >= 11 is -2.26. The van der Waals surface area contributed by atoms with Crippen molar-refractivity contribution >= 4 is 22.0 Å². The quantitative estimate of drug-likeness (QED) is 0.716. The Morgan fingerprint density at radius 1 is 1.05 bits per heavy atom. The van der Waals surface area contributed by atoms with Gasteiger partial charge in [0.15, 0.2) is 0 Å². The molecular weight excluding hydrogens is 345 g/mol. The zero-order valence-electron chi connectivity index (χ0n) is 13.3. The molecule has 0 saturated carbocycles. The van der Waals surface area contributed by atoms with Gasteiger partial charge < -0.3 is 0 Å². The predicted octanol–water partition coefficient (Wildman–Crippen LogP) is 2.35. The Balaban J connectivity index is 3.30. The minimum atomic E-state index is -2.26. The molecule has 0 aliphatic heterocycles. The average Bonchev–Trinajstić information content (AvgIpc) is 2.33. The monoisotopic (exact) mass is 373 g/mol. The third-order valence-corrected chi connectivity index (χ3v) is 9.06. The van der Waals surface area contributed by atoms with Crippen LogP contribution in [0.3, 0.4) is 0 Å². The predicted molar refractivity (Wildman–Crippen MR) is 84.8 cm³/mol. The standard InChI is InChI=1S/C12H18NO2.3CH3.Sn/c1-13(2)8-7-10-5-6-11(14-3)12(9-10)15-4;;;;/h5-6H,7-8H2,1-4H3;3*1H3;. The number of methoxy groups -OCH3 is 2. The normalized spacial score (nSPS) is 11.8. The first-order valence-electron chi connectivity index (χ1n) is 6.70. The van der Waals surface area contributed by atoms with Crippen LogP contribution in [-0.4, -0.2) is 58.1 Å². The van der Waals surface area contributed by atoms with Gasteiger partial charge in [0, 0.05) is 0 Å². The average molecular weight is 372 g/mol. The molecule has 0 fully saturated rings. The molecule has 0 radical (unpaired) electrons. The molecule has 0 aliphatic carbocycles. The number of hydrogen-bond acceptors (Lipinski definition) is 3. The van der Waals surface area contributed by atoms with Gasteiger partial charge in [0.05, 0.1) is 0 Å². The van der Waals surface area contributed by atoms with Crippen LogP contribution in [0.1, 0.15) is 5.56 Å². The Morgan fingerprint density at radius 2 is 1.68 bits per heavy atom. The molecule has 0 bridgehead atoms. The van der Waals surface area contributed by atoms with Crippen molar-refractivity contribution in [3.63, 3.8) is 0 Å². The molecule has 19 heavy (non-hydrogen) atoms. The van der Waals surface area contributed by atoms with E-state index in [2.05, 4.69) is 39.9 Å². The molecular formula is C15H27NO2Sn. The molecule has 0 saturated heterocycles. The van der Waals surface area contributed by atoms with Gasteiger partial charge in [-0.3, -0.25) is 0 Å². The number of rotatable bonds is 6. The third kappa shape index (κ3) is 4.28. The number of hydrogen-bond donors (Lipinski definition) is 0. The van der Waals surface area contributed by atoms with E-state index in [9.17, 15) is 0 Å². The van der Waals surface area contributed by atoms with Gasteiger partial charge in [-0.15, -0.1) is 0 Å². The summed E-state index contributed by atoms with van der Waals surface area (Å²) in [5.74, 6) is 1.82. The third-order valence-electron chi connectivity index (χ3n) is 3.21. The summed E-state index contributed by atoms with van der Waals surface area (Å²) < 4.78 is 12.6. The van der Waals surface area contributed by atoms with Gasteiger partial charge in [-0.05, 0) is 0 Å². The first-order chi connectivity index (χ1) is 8.81. The summed E-state index contributed by atoms with van der Waals surface area (Å²) in [5, 5.41) is 0. The molecule has 0 unspecified atom stereocenters. The van der Waals surface area contributed by atoms with E-state index < -0.39 is 18.4 Å². The van der Waals surface area contributed by atoms with Crippen molar-refractivity contribution in [2.75, 3.05) is 34.9 Å². The number of nitrogens with zero attached hydrogens (tertiary/aromatic N) is 1. The zero-order valence-corrected chi connectivity index (χ0v) is 16.2. The van der Waals surface area contributed by atoms with Crippen molar-refractivity contribution in [2.45, 2.75) is 21.2 Å². The van der Waals surface area contributed by atoms with Gasteiger partial charge in [-0.25, -0.2) is 0 Å². The number of benzene rings is 1. The van der Waals surface area contributed by atoms with Gasteiger partial charge in [0.1, 0.15) is 0 Å². The molecule has 0 spiro atoms. The molecule has 0 atom stereocenters. The van der Waals surface area contributed by atoms with Crippen molar-refractivity contribution in [1.82, 2.24) is 4.90 Å². The van der Waals surface area contributed by atoms with Crippen molar-refractivity contribution in [3.05, 3.63) is 17.7 Å². The molecule has 1 rings (SSSR count). The van der Waals surface area contributed by atoms with Crippen LogP contribution in [0.5, 0.6) is 11.5 Å². The SMILES string of the molecule is COc1ccc(CCN(C)C)[c]([Sn]([CH3])([CH3])[CH3])c1OC. The Morgan fingerprint density at radius 3 is 2.11 bits per heavy atom. The van der Waals surface area contributed by atoms with Gasteiger partial charge in [0.2, 0.25) is 0 Å². The summed E-state index contributed by atoms with van der Waals surface area (Å²) in [6.07, 6.45) is 1.07. The van der Waals surface area contributed by atoms with Crippen LogP contribution in [0.4, 0.5) is 0 Å². The summed E-state index contributed by atoms with van der Waals surface area (Å²) in [5.41, 5.74) is 1.43. The molecule has 0 amide bonds. The fourth-order valence-electron chi connectivity index (χ4n) is 2.34. The van der Waals surface area contributed by atoms with Crippen molar-refractivity contribution < 1.29 is 9.47 Å². The van der Waals surface area contributed by atoms with Crippen LogP contribution in [-0.2, 0) is 6.42 Å². The Kier molecular flexibility index (Phi) is 5.99. The first-order valence-corrected chi connectivity index (χ1v) is 16.7. The van der Waals surface area contributed by atoms with Crippen LogP contribution in [0.15, 0.2) is 12.1 Å². The van der Waals surface area contributed by atoms with Crippen molar-refractivity contribution in [1.29, 1.82) is 0 Å². The number of ether oxygens (including phenoxy) is 2. The molecule has 1 aromatic rings. The van der Waals surface area contributed by atoms with Crippen molar-refractivity contribution in [2.24, 2.45) is 0 Å². The second-order valence-electron chi connectivity index (χ2n) is 6.14. The van der Waals surface area contributed by atoms with E-state index in [4.69, 9.17) is 9.47 Å². The van der Waals surface area contributed by atoms with E-state index >= 15 is 0 Å². The maximum absolute atomic E-state index is 5.66. The molecule has 1 aromatic carbocycles. The van der Waals surface area contributed by atoms with Gasteiger partial charge >= 0.3 is 122 Å². The van der Waals surface area contributed by atoms with Crippen LogP contribution < -0.4 is 13.1 Å². The molecule has 0 heterocycles.